The average molecular weight is 282 g/mol. The van der Waals surface area contributed by atoms with Crippen LogP contribution in [0.25, 0.3) is 0 Å². The van der Waals surface area contributed by atoms with Crippen LogP contribution in [0.1, 0.15) is 19.8 Å². The molecule has 1 unspecified atom stereocenters. The van der Waals surface area contributed by atoms with Crippen molar-refractivity contribution in [2.24, 2.45) is 0 Å². The summed E-state index contributed by atoms with van der Waals surface area (Å²) in [6, 6.07) is 0. The Balaban J connectivity index is 4.85. The highest BCUT2D eigenvalue weighted by Gasteiger charge is 2.52. The third-order valence-electron chi connectivity index (χ3n) is 1.90. The van der Waals surface area contributed by atoms with Crippen LogP contribution in [0.5, 0.6) is 0 Å². The zero-order valence-electron chi connectivity index (χ0n) is 9.14. The number of hydrogen-bond donors (Lipinski definition) is 0. The molecule has 9 heteroatoms. The predicted octanol–water partition coefficient (Wildman–Crippen LogP) is 2.74. The third kappa shape index (κ3) is 4.02. The molecular weight excluding hydrogens is 268 g/mol. The second-order valence-electron chi connectivity index (χ2n) is 3.84. The standard InChI is InChI=1S/C7H14F4O3SSi/c1-4-5-6(8)16(2,3)14-15(12,13)7(9,10)11/h6H,4-5H2,1-3H3. The van der Waals surface area contributed by atoms with Crippen LogP contribution in [-0.4, -0.2) is 28.0 Å². The quantitative estimate of drug-likeness (QED) is 0.442. The summed E-state index contributed by atoms with van der Waals surface area (Å²) in [6.45, 7) is 3.86. The van der Waals surface area contributed by atoms with E-state index >= 15 is 0 Å². The fourth-order valence-electron chi connectivity index (χ4n) is 0.983. The molecule has 0 saturated heterocycles. The summed E-state index contributed by atoms with van der Waals surface area (Å²) in [5, 5.41) is 0. The number of rotatable bonds is 5. The van der Waals surface area contributed by atoms with Gasteiger partial charge in [-0.25, -0.2) is 4.39 Å². The summed E-state index contributed by atoms with van der Waals surface area (Å²) in [5.74, 6) is -1.64. The van der Waals surface area contributed by atoms with Gasteiger partial charge in [-0.3, -0.25) is 0 Å². The van der Waals surface area contributed by atoms with E-state index in [1.807, 2.05) is 0 Å². The highest BCUT2D eigenvalue weighted by Crippen LogP contribution is 2.30. The molecule has 0 fully saturated rings. The van der Waals surface area contributed by atoms with E-state index in [-0.39, 0.29) is 6.42 Å². The topological polar surface area (TPSA) is 43.4 Å². The van der Waals surface area contributed by atoms with E-state index < -0.39 is 29.7 Å². The van der Waals surface area contributed by atoms with Crippen molar-refractivity contribution in [3.63, 3.8) is 0 Å². The summed E-state index contributed by atoms with van der Waals surface area (Å²) in [4.78, 5) is 0. The van der Waals surface area contributed by atoms with Crippen molar-refractivity contribution >= 4 is 18.4 Å². The van der Waals surface area contributed by atoms with Gasteiger partial charge >= 0.3 is 15.6 Å². The lowest BCUT2D eigenvalue weighted by atomic mass is 10.4. The van der Waals surface area contributed by atoms with Gasteiger partial charge in [0, 0.05) is 0 Å². The van der Waals surface area contributed by atoms with Crippen LogP contribution in [0, 0.1) is 0 Å². The molecule has 0 heterocycles. The molecule has 0 saturated carbocycles. The maximum atomic E-state index is 13.4. The molecular formula is C7H14F4O3SSi. The molecule has 3 nitrogen and oxygen atoms in total. The molecule has 0 aromatic heterocycles. The Hall–Kier alpha value is -0.153. The molecule has 1 atom stereocenters. The van der Waals surface area contributed by atoms with Gasteiger partial charge in [0.2, 0.25) is 8.32 Å². The van der Waals surface area contributed by atoms with Gasteiger partial charge in [-0.2, -0.15) is 21.6 Å². The molecule has 0 aliphatic heterocycles. The summed E-state index contributed by atoms with van der Waals surface area (Å²) < 4.78 is 74.8. The lowest BCUT2D eigenvalue weighted by molar-refractivity contribution is -0.0505. The summed E-state index contributed by atoms with van der Waals surface area (Å²) in [6.07, 6.45) is 0.402. The van der Waals surface area contributed by atoms with Gasteiger partial charge in [0.1, 0.15) is 5.79 Å². The highest BCUT2D eigenvalue weighted by atomic mass is 32.2. The Morgan fingerprint density at radius 1 is 1.31 bits per heavy atom. The van der Waals surface area contributed by atoms with Crippen LogP contribution in [-0.2, 0) is 14.0 Å². The number of hydrogen-bond acceptors (Lipinski definition) is 3. The molecule has 0 radical (unpaired) electrons. The summed E-state index contributed by atoms with van der Waals surface area (Å²) >= 11 is 0. The molecule has 0 spiro atoms. The van der Waals surface area contributed by atoms with Crippen molar-refractivity contribution in [1.29, 1.82) is 0 Å². The molecule has 0 aliphatic carbocycles. The molecule has 0 rings (SSSR count). The van der Waals surface area contributed by atoms with Gasteiger partial charge in [0.05, 0.1) is 0 Å². The monoisotopic (exact) mass is 282 g/mol. The van der Waals surface area contributed by atoms with Gasteiger partial charge < -0.3 is 3.87 Å². The molecule has 0 aliphatic rings. The smallest absolute Gasteiger partial charge is 0.305 e. The fraction of sp³-hybridized carbons (Fsp3) is 1.00. The van der Waals surface area contributed by atoms with Crippen molar-refractivity contribution in [2.75, 3.05) is 0 Å². The molecule has 0 aromatic rings. The van der Waals surface area contributed by atoms with Crippen molar-refractivity contribution < 1.29 is 29.9 Å². The maximum absolute atomic E-state index is 13.4. The van der Waals surface area contributed by atoms with Crippen LogP contribution in [0.4, 0.5) is 17.6 Å². The van der Waals surface area contributed by atoms with E-state index in [4.69, 9.17) is 0 Å². The van der Waals surface area contributed by atoms with E-state index in [9.17, 15) is 26.0 Å². The van der Waals surface area contributed by atoms with Gasteiger partial charge in [0.15, 0.2) is 0 Å². The SMILES string of the molecule is CCCC(F)[Si](C)(C)OS(=O)(=O)C(F)(F)F. The predicted molar refractivity (Wildman–Crippen MR) is 53.3 cm³/mol. The lowest BCUT2D eigenvalue weighted by Crippen LogP contribution is -2.46. The molecule has 0 N–H and O–H groups in total. The maximum Gasteiger partial charge on any atom is 0.522 e. The Morgan fingerprint density at radius 2 is 1.75 bits per heavy atom. The molecule has 16 heavy (non-hydrogen) atoms. The van der Waals surface area contributed by atoms with Crippen LogP contribution < -0.4 is 0 Å². The van der Waals surface area contributed by atoms with Gasteiger partial charge in [-0.1, -0.05) is 13.3 Å². The van der Waals surface area contributed by atoms with E-state index in [1.54, 1.807) is 6.92 Å². The van der Waals surface area contributed by atoms with Crippen molar-refractivity contribution in [3.05, 3.63) is 0 Å². The lowest BCUT2D eigenvalue weighted by Gasteiger charge is -2.25. The Labute approximate surface area is 93.0 Å². The largest absolute Gasteiger partial charge is 0.522 e. The second kappa shape index (κ2) is 5.01. The first kappa shape index (κ1) is 15.8. The zero-order valence-corrected chi connectivity index (χ0v) is 11.0. The second-order valence-corrected chi connectivity index (χ2v) is 9.71. The number of alkyl halides is 4. The van der Waals surface area contributed by atoms with E-state index in [2.05, 4.69) is 3.87 Å². The Morgan fingerprint density at radius 3 is 2.06 bits per heavy atom. The van der Waals surface area contributed by atoms with E-state index in [0.29, 0.717) is 6.42 Å². The van der Waals surface area contributed by atoms with Gasteiger partial charge in [-0.15, -0.1) is 0 Å². The van der Waals surface area contributed by atoms with Crippen LogP contribution >= 0.6 is 0 Å². The first-order valence-electron chi connectivity index (χ1n) is 4.60. The van der Waals surface area contributed by atoms with Crippen LogP contribution in [0.15, 0.2) is 0 Å². The average Bonchev–Trinajstić information content (AvgIpc) is 2.00. The van der Waals surface area contributed by atoms with Crippen molar-refractivity contribution in [3.8, 4) is 0 Å². The highest BCUT2D eigenvalue weighted by molar-refractivity contribution is 7.88. The third-order valence-corrected chi connectivity index (χ3v) is 6.86. The molecule has 98 valence electrons. The minimum atomic E-state index is -5.70. The van der Waals surface area contributed by atoms with E-state index in [1.165, 1.54) is 0 Å². The minimum absolute atomic E-state index is 0.00734. The van der Waals surface area contributed by atoms with Crippen molar-refractivity contribution in [2.45, 2.75) is 44.2 Å². The first-order valence-corrected chi connectivity index (χ1v) is 8.99. The van der Waals surface area contributed by atoms with Crippen LogP contribution in [0.2, 0.25) is 13.1 Å². The molecule has 0 amide bonds. The number of halogens is 4. The van der Waals surface area contributed by atoms with Crippen molar-refractivity contribution in [1.82, 2.24) is 0 Å². The summed E-state index contributed by atoms with van der Waals surface area (Å²) in [7, 11) is -9.24. The fourth-order valence-corrected chi connectivity index (χ4v) is 5.02. The minimum Gasteiger partial charge on any atom is -0.305 e. The molecule has 0 aromatic carbocycles. The normalized spacial score (nSPS) is 16.2. The Kier molecular flexibility index (Phi) is 4.96. The molecule has 0 bridgehead atoms. The summed E-state index contributed by atoms with van der Waals surface area (Å²) in [5.41, 5.74) is -5.50. The first-order chi connectivity index (χ1) is 6.94. The van der Waals surface area contributed by atoms with Gasteiger partial charge in [0.25, 0.3) is 0 Å². The Bertz CT molecular complexity index is 325. The zero-order chi connectivity index (χ0) is 13.2. The van der Waals surface area contributed by atoms with Crippen LogP contribution in [0.3, 0.4) is 0 Å². The van der Waals surface area contributed by atoms with E-state index in [0.717, 1.165) is 13.1 Å². The van der Waals surface area contributed by atoms with Gasteiger partial charge in [-0.05, 0) is 19.5 Å².